The van der Waals surface area contributed by atoms with Crippen molar-refractivity contribution in [3.8, 4) is 11.5 Å². The third-order valence-electron chi connectivity index (χ3n) is 2.81. The highest BCUT2D eigenvalue weighted by Gasteiger charge is 2.07. The molecule has 0 atom stereocenters. The van der Waals surface area contributed by atoms with E-state index in [4.69, 9.17) is 9.47 Å². The second-order valence-electron chi connectivity index (χ2n) is 4.33. The van der Waals surface area contributed by atoms with Crippen molar-refractivity contribution in [3.63, 3.8) is 0 Å². The van der Waals surface area contributed by atoms with E-state index in [0.717, 1.165) is 36.6 Å². The van der Waals surface area contributed by atoms with E-state index in [1.165, 1.54) is 7.11 Å². The molecule has 0 aliphatic heterocycles. The van der Waals surface area contributed by atoms with E-state index < -0.39 is 0 Å². The number of rotatable bonds is 9. The van der Waals surface area contributed by atoms with Crippen molar-refractivity contribution in [2.45, 2.75) is 26.3 Å². The molecule has 0 heterocycles. The molecule has 5 heteroatoms. The zero-order valence-corrected chi connectivity index (χ0v) is 12.4. The predicted octanol–water partition coefficient (Wildman–Crippen LogP) is 2.14. The first-order valence-corrected chi connectivity index (χ1v) is 6.78. The minimum absolute atomic E-state index is 0.232. The summed E-state index contributed by atoms with van der Waals surface area (Å²) in [4.78, 5) is 11.1. The molecule has 0 fully saturated rings. The largest absolute Gasteiger partial charge is 0.497 e. The SMILES string of the molecule is CCCNCc1ccc(OC)cc1OCCC(=O)OC. The topological polar surface area (TPSA) is 56.8 Å². The molecular formula is C15H23NO4. The van der Waals surface area contributed by atoms with E-state index in [0.29, 0.717) is 6.61 Å². The average Bonchev–Trinajstić information content (AvgIpc) is 2.48. The molecular weight excluding hydrogens is 258 g/mol. The van der Waals surface area contributed by atoms with Crippen LogP contribution in [0.25, 0.3) is 0 Å². The maximum absolute atomic E-state index is 11.1. The molecule has 0 unspecified atom stereocenters. The Kier molecular flexibility index (Phi) is 7.50. The molecule has 0 amide bonds. The first-order chi connectivity index (χ1) is 9.71. The van der Waals surface area contributed by atoms with Gasteiger partial charge in [0.15, 0.2) is 0 Å². The Balaban J connectivity index is 2.65. The van der Waals surface area contributed by atoms with Crippen molar-refractivity contribution in [1.29, 1.82) is 0 Å². The number of nitrogens with one attached hydrogen (secondary N) is 1. The van der Waals surface area contributed by atoms with E-state index in [1.54, 1.807) is 7.11 Å². The highest BCUT2D eigenvalue weighted by Crippen LogP contribution is 2.25. The molecule has 112 valence electrons. The molecule has 0 aromatic heterocycles. The second kappa shape index (κ2) is 9.20. The van der Waals surface area contributed by atoms with Gasteiger partial charge in [0, 0.05) is 18.2 Å². The Hall–Kier alpha value is -1.75. The van der Waals surface area contributed by atoms with Crippen LogP contribution < -0.4 is 14.8 Å². The zero-order valence-electron chi connectivity index (χ0n) is 12.4. The molecule has 0 saturated carbocycles. The Bertz CT molecular complexity index is 420. The monoisotopic (exact) mass is 281 g/mol. The lowest BCUT2D eigenvalue weighted by atomic mass is 10.2. The van der Waals surface area contributed by atoms with Gasteiger partial charge >= 0.3 is 5.97 Å². The van der Waals surface area contributed by atoms with Crippen molar-refractivity contribution >= 4 is 5.97 Å². The lowest BCUT2D eigenvalue weighted by molar-refractivity contribution is -0.141. The summed E-state index contributed by atoms with van der Waals surface area (Å²) in [7, 11) is 2.98. The predicted molar refractivity (Wildman–Crippen MR) is 77.1 cm³/mol. The quantitative estimate of drug-likeness (QED) is 0.555. The lowest BCUT2D eigenvalue weighted by Gasteiger charge is -2.13. The van der Waals surface area contributed by atoms with Gasteiger partial charge in [-0.15, -0.1) is 0 Å². The van der Waals surface area contributed by atoms with E-state index in [2.05, 4.69) is 17.0 Å². The van der Waals surface area contributed by atoms with Gasteiger partial charge in [0.05, 0.1) is 27.2 Å². The van der Waals surface area contributed by atoms with Gasteiger partial charge in [-0.2, -0.15) is 0 Å². The van der Waals surface area contributed by atoms with Gasteiger partial charge in [0.2, 0.25) is 0 Å². The Labute approximate surface area is 120 Å². The minimum atomic E-state index is -0.279. The van der Waals surface area contributed by atoms with Crippen molar-refractivity contribution < 1.29 is 19.0 Å². The first-order valence-electron chi connectivity index (χ1n) is 6.78. The Morgan fingerprint density at radius 1 is 1.30 bits per heavy atom. The average molecular weight is 281 g/mol. The van der Waals surface area contributed by atoms with Crippen LogP contribution >= 0.6 is 0 Å². The summed E-state index contributed by atoms with van der Waals surface area (Å²) >= 11 is 0. The van der Waals surface area contributed by atoms with Gasteiger partial charge in [-0.1, -0.05) is 13.0 Å². The van der Waals surface area contributed by atoms with Gasteiger partial charge in [-0.05, 0) is 19.0 Å². The first kappa shape index (κ1) is 16.3. The summed E-state index contributed by atoms with van der Waals surface area (Å²) in [6.07, 6.45) is 1.31. The van der Waals surface area contributed by atoms with Crippen LogP contribution in [0.5, 0.6) is 11.5 Å². The molecule has 1 N–H and O–H groups in total. The fourth-order valence-corrected chi connectivity index (χ4v) is 1.69. The van der Waals surface area contributed by atoms with Gasteiger partial charge in [-0.25, -0.2) is 0 Å². The van der Waals surface area contributed by atoms with Crippen LogP contribution in [0.1, 0.15) is 25.3 Å². The number of methoxy groups -OCH3 is 2. The fourth-order valence-electron chi connectivity index (χ4n) is 1.69. The van der Waals surface area contributed by atoms with Crippen LogP contribution in [-0.4, -0.2) is 33.3 Å². The van der Waals surface area contributed by atoms with Gasteiger partial charge in [0.1, 0.15) is 11.5 Å². The smallest absolute Gasteiger partial charge is 0.308 e. The Morgan fingerprint density at radius 3 is 2.75 bits per heavy atom. The number of esters is 1. The summed E-state index contributed by atoms with van der Waals surface area (Å²) in [6.45, 7) is 4.09. The molecule has 1 rings (SSSR count). The molecule has 0 radical (unpaired) electrons. The van der Waals surface area contributed by atoms with E-state index in [-0.39, 0.29) is 12.4 Å². The molecule has 0 saturated heterocycles. The zero-order chi connectivity index (χ0) is 14.8. The molecule has 0 spiro atoms. The maximum Gasteiger partial charge on any atom is 0.308 e. The molecule has 5 nitrogen and oxygen atoms in total. The molecule has 1 aromatic carbocycles. The molecule has 1 aromatic rings. The Morgan fingerprint density at radius 2 is 2.10 bits per heavy atom. The van der Waals surface area contributed by atoms with Crippen LogP contribution in [0.15, 0.2) is 18.2 Å². The fraction of sp³-hybridized carbons (Fsp3) is 0.533. The van der Waals surface area contributed by atoms with Gasteiger partial charge in [-0.3, -0.25) is 4.79 Å². The van der Waals surface area contributed by atoms with Crippen LogP contribution in [0.2, 0.25) is 0 Å². The normalized spacial score (nSPS) is 10.2. The number of benzene rings is 1. The number of hydrogen-bond donors (Lipinski definition) is 1. The van der Waals surface area contributed by atoms with Crippen LogP contribution in [0, 0.1) is 0 Å². The van der Waals surface area contributed by atoms with E-state index in [1.807, 2.05) is 18.2 Å². The molecule has 20 heavy (non-hydrogen) atoms. The van der Waals surface area contributed by atoms with Crippen LogP contribution in [0.3, 0.4) is 0 Å². The summed E-state index contributed by atoms with van der Waals surface area (Å²) in [5, 5.41) is 3.33. The van der Waals surface area contributed by atoms with Crippen molar-refractivity contribution in [1.82, 2.24) is 5.32 Å². The highest BCUT2D eigenvalue weighted by molar-refractivity contribution is 5.69. The number of carbonyl (C=O) groups is 1. The van der Waals surface area contributed by atoms with Crippen LogP contribution in [0.4, 0.5) is 0 Å². The summed E-state index contributed by atoms with van der Waals surface area (Å²) in [5.41, 5.74) is 1.05. The number of ether oxygens (including phenoxy) is 3. The van der Waals surface area contributed by atoms with Crippen molar-refractivity contribution in [2.24, 2.45) is 0 Å². The van der Waals surface area contributed by atoms with Crippen LogP contribution in [-0.2, 0) is 16.1 Å². The van der Waals surface area contributed by atoms with E-state index in [9.17, 15) is 4.79 Å². The van der Waals surface area contributed by atoms with Gasteiger partial charge < -0.3 is 19.5 Å². The molecule has 0 bridgehead atoms. The number of hydrogen-bond acceptors (Lipinski definition) is 5. The third-order valence-corrected chi connectivity index (χ3v) is 2.81. The lowest BCUT2D eigenvalue weighted by Crippen LogP contribution is -2.15. The third kappa shape index (κ3) is 5.48. The molecule has 0 aliphatic carbocycles. The minimum Gasteiger partial charge on any atom is -0.497 e. The standard InChI is InChI=1S/C15H23NO4/c1-4-8-16-11-12-5-6-13(18-2)10-14(12)20-9-7-15(17)19-3/h5-6,10,16H,4,7-9,11H2,1-3H3. The summed E-state index contributed by atoms with van der Waals surface area (Å²) in [5.74, 6) is 1.19. The van der Waals surface area contributed by atoms with Gasteiger partial charge in [0.25, 0.3) is 0 Å². The number of carbonyl (C=O) groups excluding carboxylic acids is 1. The maximum atomic E-state index is 11.1. The van der Waals surface area contributed by atoms with E-state index >= 15 is 0 Å². The summed E-state index contributed by atoms with van der Waals surface area (Å²) in [6, 6.07) is 5.70. The van der Waals surface area contributed by atoms with Crippen molar-refractivity contribution in [3.05, 3.63) is 23.8 Å². The highest BCUT2D eigenvalue weighted by atomic mass is 16.5. The second-order valence-corrected chi connectivity index (χ2v) is 4.33. The summed E-state index contributed by atoms with van der Waals surface area (Å²) < 4.78 is 15.4. The van der Waals surface area contributed by atoms with Crippen molar-refractivity contribution in [2.75, 3.05) is 27.4 Å². The molecule has 0 aliphatic rings.